The maximum absolute atomic E-state index is 12.0. The monoisotopic (exact) mass is 246 g/mol. The number of amides is 1. The molecular formula is C15H22N2O. The summed E-state index contributed by atoms with van der Waals surface area (Å²) in [5, 5.41) is 0. The normalized spacial score (nSPS) is 19.2. The molecule has 18 heavy (non-hydrogen) atoms. The summed E-state index contributed by atoms with van der Waals surface area (Å²) in [4.78, 5) is 13.9. The van der Waals surface area contributed by atoms with Gasteiger partial charge >= 0.3 is 0 Å². The Kier molecular flexibility index (Phi) is 4.37. The highest BCUT2D eigenvalue weighted by Crippen LogP contribution is 2.12. The minimum Gasteiger partial charge on any atom is -0.341 e. The molecule has 1 aromatic carbocycles. The van der Waals surface area contributed by atoms with Gasteiger partial charge in [-0.3, -0.25) is 4.79 Å². The fourth-order valence-corrected chi connectivity index (χ4v) is 2.36. The van der Waals surface area contributed by atoms with Gasteiger partial charge in [0.2, 0.25) is 5.91 Å². The summed E-state index contributed by atoms with van der Waals surface area (Å²) in [6, 6.07) is 8.72. The number of likely N-dealkylation sites (tertiary alicyclic amines) is 1. The molecule has 0 aliphatic carbocycles. The molecule has 0 aromatic heterocycles. The molecule has 3 heteroatoms. The molecule has 1 atom stereocenters. The molecule has 3 nitrogen and oxygen atoms in total. The van der Waals surface area contributed by atoms with Crippen LogP contribution in [0.3, 0.4) is 0 Å². The number of nitrogens with zero attached hydrogens (tertiary/aromatic N) is 1. The number of hydrogen-bond donors (Lipinski definition) is 1. The Morgan fingerprint density at radius 3 is 2.56 bits per heavy atom. The van der Waals surface area contributed by atoms with Crippen molar-refractivity contribution < 1.29 is 4.79 Å². The molecule has 1 heterocycles. The van der Waals surface area contributed by atoms with Crippen LogP contribution in [-0.2, 0) is 17.6 Å². The molecule has 0 saturated carbocycles. The van der Waals surface area contributed by atoms with Crippen molar-refractivity contribution in [3.63, 3.8) is 0 Å². The fourth-order valence-electron chi connectivity index (χ4n) is 2.36. The predicted octanol–water partition coefficient (Wildman–Crippen LogP) is 1.74. The Labute approximate surface area is 109 Å². The second-order valence-corrected chi connectivity index (χ2v) is 5.06. The second-order valence-electron chi connectivity index (χ2n) is 5.06. The molecule has 1 aromatic rings. The zero-order chi connectivity index (χ0) is 13.0. The van der Waals surface area contributed by atoms with Crippen molar-refractivity contribution in [2.45, 2.75) is 38.6 Å². The molecule has 0 unspecified atom stereocenters. The summed E-state index contributed by atoms with van der Waals surface area (Å²) in [5.74, 6) is 0.238. The summed E-state index contributed by atoms with van der Waals surface area (Å²) < 4.78 is 0. The maximum atomic E-state index is 12.0. The van der Waals surface area contributed by atoms with Crippen molar-refractivity contribution in [3.8, 4) is 0 Å². The van der Waals surface area contributed by atoms with Gasteiger partial charge < -0.3 is 10.6 Å². The van der Waals surface area contributed by atoms with Crippen LogP contribution < -0.4 is 5.73 Å². The topological polar surface area (TPSA) is 46.3 Å². The largest absolute Gasteiger partial charge is 0.341 e. The molecule has 1 fully saturated rings. The number of rotatable bonds is 4. The third-order valence-corrected chi connectivity index (χ3v) is 3.64. The van der Waals surface area contributed by atoms with Crippen LogP contribution in [0.4, 0.5) is 0 Å². The van der Waals surface area contributed by atoms with Crippen molar-refractivity contribution in [1.82, 2.24) is 4.90 Å². The van der Waals surface area contributed by atoms with Crippen LogP contribution in [0.5, 0.6) is 0 Å². The van der Waals surface area contributed by atoms with Crippen LogP contribution in [0.25, 0.3) is 0 Å². The number of carbonyl (C=O) groups excluding carboxylic acids is 1. The van der Waals surface area contributed by atoms with Gasteiger partial charge in [-0.25, -0.2) is 0 Å². The molecular weight excluding hydrogens is 224 g/mol. The van der Waals surface area contributed by atoms with E-state index in [4.69, 9.17) is 5.73 Å². The molecule has 2 rings (SSSR count). The minimum atomic E-state index is 0.179. The Hall–Kier alpha value is -1.35. The summed E-state index contributed by atoms with van der Waals surface area (Å²) in [5.41, 5.74) is 8.39. The molecule has 1 saturated heterocycles. The van der Waals surface area contributed by atoms with Crippen LogP contribution >= 0.6 is 0 Å². The van der Waals surface area contributed by atoms with Gasteiger partial charge in [0.05, 0.1) is 0 Å². The lowest BCUT2D eigenvalue weighted by molar-refractivity contribution is -0.130. The van der Waals surface area contributed by atoms with Crippen molar-refractivity contribution >= 4 is 5.91 Å². The molecule has 0 radical (unpaired) electrons. The van der Waals surface area contributed by atoms with Crippen molar-refractivity contribution in [2.24, 2.45) is 5.73 Å². The first-order chi connectivity index (χ1) is 8.69. The number of nitrogens with two attached hydrogens (primary N) is 1. The average Bonchev–Trinajstić information content (AvgIpc) is 2.83. The van der Waals surface area contributed by atoms with E-state index < -0.39 is 0 Å². The lowest BCUT2D eigenvalue weighted by Gasteiger charge is -2.15. The number of carbonyl (C=O) groups is 1. The van der Waals surface area contributed by atoms with Gasteiger partial charge in [-0.1, -0.05) is 31.2 Å². The van der Waals surface area contributed by atoms with Crippen LogP contribution in [-0.4, -0.2) is 29.9 Å². The Bertz CT molecular complexity index is 399. The second kappa shape index (κ2) is 6.01. The average molecular weight is 246 g/mol. The van der Waals surface area contributed by atoms with E-state index in [2.05, 4.69) is 31.2 Å². The first kappa shape index (κ1) is 13.1. The van der Waals surface area contributed by atoms with E-state index in [1.165, 1.54) is 11.1 Å². The summed E-state index contributed by atoms with van der Waals surface area (Å²) >= 11 is 0. The molecule has 1 amide bonds. The summed E-state index contributed by atoms with van der Waals surface area (Å²) in [6.07, 6.45) is 3.43. The van der Waals surface area contributed by atoms with Crippen LogP contribution in [0.2, 0.25) is 0 Å². The number of benzene rings is 1. The summed E-state index contributed by atoms with van der Waals surface area (Å²) in [7, 11) is 0. The van der Waals surface area contributed by atoms with Crippen LogP contribution in [0, 0.1) is 0 Å². The van der Waals surface area contributed by atoms with E-state index >= 15 is 0 Å². The minimum absolute atomic E-state index is 0.179. The smallest absolute Gasteiger partial charge is 0.222 e. The molecule has 1 aliphatic rings. The van der Waals surface area contributed by atoms with Crippen molar-refractivity contribution in [3.05, 3.63) is 35.4 Å². The molecule has 1 aliphatic heterocycles. The van der Waals surface area contributed by atoms with E-state index in [1.54, 1.807) is 0 Å². The van der Waals surface area contributed by atoms with E-state index in [0.717, 1.165) is 32.4 Å². The maximum Gasteiger partial charge on any atom is 0.222 e. The van der Waals surface area contributed by atoms with Crippen LogP contribution in [0.15, 0.2) is 24.3 Å². The summed E-state index contributed by atoms with van der Waals surface area (Å²) in [6.45, 7) is 3.71. The highest BCUT2D eigenvalue weighted by Gasteiger charge is 2.22. The first-order valence-electron chi connectivity index (χ1n) is 6.80. The van der Waals surface area contributed by atoms with Crippen molar-refractivity contribution in [2.75, 3.05) is 13.1 Å². The lowest BCUT2D eigenvalue weighted by Crippen LogP contribution is -2.31. The SMILES string of the molecule is CCc1ccc(CCC(=O)N2CC[C@@H](N)C2)cc1. The molecule has 0 bridgehead atoms. The van der Waals surface area contributed by atoms with Gasteiger partial charge in [0.25, 0.3) is 0 Å². The van der Waals surface area contributed by atoms with Crippen molar-refractivity contribution in [1.29, 1.82) is 0 Å². The third kappa shape index (κ3) is 3.33. The fraction of sp³-hybridized carbons (Fsp3) is 0.533. The Balaban J connectivity index is 1.81. The zero-order valence-electron chi connectivity index (χ0n) is 11.1. The number of hydrogen-bond acceptors (Lipinski definition) is 2. The van der Waals surface area contributed by atoms with E-state index in [9.17, 15) is 4.79 Å². The standard InChI is InChI=1S/C15H22N2O/c1-2-12-3-5-13(6-4-12)7-8-15(18)17-10-9-14(16)11-17/h3-6,14H,2,7-11,16H2,1H3/t14-/m1/s1. The zero-order valence-corrected chi connectivity index (χ0v) is 11.1. The van der Waals surface area contributed by atoms with E-state index in [0.29, 0.717) is 6.42 Å². The van der Waals surface area contributed by atoms with Gasteiger partial charge in [0.15, 0.2) is 0 Å². The van der Waals surface area contributed by atoms with Gasteiger partial charge in [-0.15, -0.1) is 0 Å². The Morgan fingerprint density at radius 2 is 2.00 bits per heavy atom. The van der Waals surface area contributed by atoms with Crippen LogP contribution in [0.1, 0.15) is 30.9 Å². The third-order valence-electron chi connectivity index (χ3n) is 3.64. The quantitative estimate of drug-likeness (QED) is 0.879. The van der Waals surface area contributed by atoms with Gasteiger partial charge in [-0.05, 0) is 30.4 Å². The molecule has 0 spiro atoms. The number of aryl methyl sites for hydroxylation is 2. The highest BCUT2D eigenvalue weighted by molar-refractivity contribution is 5.76. The van der Waals surface area contributed by atoms with E-state index in [1.807, 2.05) is 4.90 Å². The Morgan fingerprint density at radius 1 is 1.33 bits per heavy atom. The predicted molar refractivity (Wildman–Crippen MR) is 73.3 cm³/mol. The first-order valence-corrected chi connectivity index (χ1v) is 6.80. The highest BCUT2D eigenvalue weighted by atomic mass is 16.2. The molecule has 2 N–H and O–H groups in total. The van der Waals surface area contributed by atoms with Gasteiger partial charge in [0, 0.05) is 25.6 Å². The van der Waals surface area contributed by atoms with Gasteiger partial charge in [0.1, 0.15) is 0 Å². The van der Waals surface area contributed by atoms with E-state index in [-0.39, 0.29) is 11.9 Å². The van der Waals surface area contributed by atoms with Gasteiger partial charge in [-0.2, -0.15) is 0 Å². The lowest BCUT2D eigenvalue weighted by atomic mass is 10.1. The molecule has 98 valence electrons.